The fourth-order valence-corrected chi connectivity index (χ4v) is 2.00. The lowest BCUT2D eigenvalue weighted by Crippen LogP contribution is -2.42. The van der Waals surface area contributed by atoms with Crippen LogP contribution in [0.5, 0.6) is 0 Å². The van der Waals surface area contributed by atoms with E-state index in [2.05, 4.69) is 6.92 Å². The van der Waals surface area contributed by atoms with Gasteiger partial charge < -0.3 is 10.8 Å². The van der Waals surface area contributed by atoms with Crippen molar-refractivity contribution in [2.24, 2.45) is 11.7 Å². The van der Waals surface area contributed by atoms with Gasteiger partial charge in [-0.1, -0.05) is 26.2 Å². The summed E-state index contributed by atoms with van der Waals surface area (Å²) >= 11 is 0. The fourth-order valence-electron chi connectivity index (χ4n) is 2.00. The van der Waals surface area contributed by atoms with Gasteiger partial charge in [0.2, 0.25) is 0 Å². The van der Waals surface area contributed by atoms with Gasteiger partial charge in [-0.05, 0) is 18.8 Å². The zero-order chi connectivity index (χ0) is 8.32. The van der Waals surface area contributed by atoms with E-state index in [1.54, 1.807) is 0 Å². The van der Waals surface area contributed by atoms with Crippen molar-refractivity contribution in [1.29, 1.82) is 0 Å². The van der Waals surface area contributed by atoms with E-state index in [0.29, 0.717) is 12.5 Å². The smallest absolute Gasteiger partial charge is 0.0772 e. The molecular formula is C9H19NO. The molecule has 1 fully saturated rings. The number of hydrogen-bond acceptors (Lipinski definition) is 2. The molecular weight excluding hydrogens is 138 g/mol. The van der Waals surface area contributed by atoms with Gasteiger partial charge in [0.25, 0.3) is 0 Å². The largest absolute Gasteiger partial charge is 0.389 e. The molecule has 0 saturated heterocycles. The summed E-state index contributed by atoms with van der Waals surface area (Å²) in [6.45, 7) is 2.62. The third kappa shape index (κ3) is 2.17. The van der Waals surface area contributed by atoms with Crippen molar-refractivity contribution in [3.63, 3.8) is 0 Å². The second-order valence-electron chi connectivity index (χ2n) is 3.80. The van der Waals surface area contributed by atoms with Gasteiger partial charge in [0, 0.05) is 6.54 Å². The molecule has 2 heteroatoms. The minimum Gasteiger partial charge on any atom is -0.389 e. The Labute approximate surface area is 68.8 Å². The molecule has 2 unspecified atom stereocenters. The van der Waals surface area contributed by atoms with E-state index in [0.717, 1.165) is 19.3 Å². The van der Waals surface area contributed by atoms with Gasteiger partial charge >= 0.3 is 0 Å². The first-order valence-electron chi connectivity index (χ1n) is 4.62. The first kappa shape index (κ1) is 9.01. The maximum Gasteiger partial charge on any atom is 0.0772 e. The summed E-state index contributed by atoms with van der Waals surface area (Å²) in [5.41, 5.74) is 4.98. The summed E-state index contributed by atoms with van der Waals surface area (Å²) in [7, 11) is 0. The van der Waals surface area contributed by atoms with Crippen LogP contribution in [-0.2, 0) is 0 Å². The average molecular weight is 157 g/mol. The molecule has 1 rings (SSSR count). The normalized spacial score (nSPS) is 39.0. The van der Waals surface area contributed by atoms with Crippen LogP contribution in [0.15, 0.2) is 0 Å². The highest BCUT2D eigenvalue weighted by atomic mass is 16.3. The zero-order valence-corrected chi connectivity index (χ0v) is 7.34. The van der Waals surface area contributed by atoms with Crippen LogP contribution in [0.4, 0.5) is 0 Å². The Kier molecular flexibility index (Phi) is 2.90. The molecule has 0 amide bonds. The van der Waals surface area contributed by atoms with Crippen LogP contribution >= 0.6 is 0 Å². The third-order valence-corrected chi connectivity index (χ3v) is 2.88. The number of aliphatic hydroxyl groups is 1. The molecule has 0 spiro atoms. The van der Waals surface area contributed by atoms with Crippen molar-refractivity contribution in [2.45, 2.75) is 44.6 Å². The van der Waals surface area contributed by atoms with Crippen molar-refractivity contribution in [1.82, 2.24) is 0 Å². The fraction of sp³-hybridized carbons (Fsp3) is 1.00. The van der Waals surface area contributed by atoms with Crippen LogP contribution in [0.1, 0.15) is 39.0 Å². The highest BCUT2D eigenvalue weighted by Gasteiger charge is 2.31. The van der Waals surface area contributed by atoms with Crippen molar-refractivity contribution in [3.8, 4) is 0 Å². The standard InChI is InChI=1S/C9H19NO/c1-2-8-4-3-5-9(11,6-8)7-10/h8,11H,2-7,10H2,1H3. The summed E-state index contributed by atoms with van der Waals surface area (Å²) < 4.78 is 0. The highest BCUT2D eigenvalue weighted by molar-refractivity contribution is 4.86. The Morgan fingerprint density at radius 3 is 2.91 bits per heavy atom. The third-order valence-electron chi connectivity index (χ3n) is 2.88. The predicted molar refractivity (Wildman–Crippen MR) is 46.3 cm³/mol. The minimum atomic E-state index is -0.529. The van der Waals surface area contributed by atoms with Crippen LogP contribution in [0, 0.1) is 5.92 Å². The SMILES string of the molecule is CCC1CCCC(O)(CN)C1. The predicted octanol–water partition coefficient (Wildman–Crippen LogP) is 1.28. The Morgan fingerprint density at radius 1 is 1.64 bits per heavy atom. The molecule has 66 valence electrons. The van der Waals surface area contributed by atoms with E-state index in [9.17, 15) is 5.11 Å². The molecule has 0 aromatic rings. The molecule has 0 aliphatic heterocycles. The van der Waals surface area contributed by atoms with Crippen LogP contribution in [-0.4, -0.2) is 17.3 Å². The lowest BCUT2D eigenvalue weighted by Gasteiger charge is -2.35. The Balaban J connectivity index is 2.44. The van der Waals surface area contributed by atoms with Crippen LogP contribution < -0.4 is 5.73 Å². The highest BCUT2D eigenvalue weighted by Crippen LogP contribution is 2.33. The van der Waals surface area contributed by atoms with Gasteiger partial charge in [-0.15, -0.1) is 0 Å². The maximum absolute atomic E-state index is 9.86. The maximum atomic E-state index is 9.86. The van der Waals surface area contributed by atoms with E-state index in [4.69, 9.17) is 5.73 Å². The molecule has 2 nitrogen and oxygen atoms in total. The van der Waals surface area contributed by atoms with Gasteiger partial charge in [0.15, 0.2) is 0 Å². The van der Waals surface area contributed by atoms with E-state index in [1.165, 1.54) is 12.8 Å². The lowest BCUT2D eigenvalue weighted by molar-refractivity contribution is -0.00839. The molecule has 11 heavy (non-hydrogen) atoms. The van der Waals surface area contributed by atoms with Crippen molar-refractivity contribution in [3.05, 3.63) is 0 Å². The number of nitrogens with two attached hydrogens (primary N) is 1. The Bertz CT molecular complexity index is 127. The molecule has 0 aromatic heterocycles. The summed E-state index contributed by atoms with van der Waals surface area (Å²) in [6.07, 6.45) is 5.42. The molecule has 0 radical (unpaired) electrons. The minimum absolute atomic E-state index is 0.434. The summed E-state index contributed by atoms with van der Waals surface area (Å²) in [5.74, 6) is 0.706. The zero-order valence-electron chi connectivity index (χ0n) is 7.34. The Hall–Kier alpha value is -0.0800. The quantitative estimate of drug-likeness (QED) is 0.634. The molecule has 2 atom stereocenters. The first-order valence-corrected chi connectivity index (χ1v) is 4.62. The van der Waals surface area contributed by atoms with Crippen molar-refractivity contribution >= 4 is 0 Å². The molecule has 0 bridgehead atoms. The Morgan fingerprint density at radius 2 is 2.36 bits per heavy atom. The summed E-state index contributed by atoms with van der Waals surface area (Å²) in [6, 6.07) is 0. The lowest BCUT2D eigenvalue weighted by atomic mass is 9.77. The van der Waals surface area contributed by atoms with Crippen LogP contribution in [0.3, 0.4) is 0 Å². The van der Waals surface area contributed by atoms with Crippen LogP contribution in [0.2, 0.25) is 0 Å². The average Bonchev–Trinajstić information content (AvgIpc) is 2.05. The van der Waals surface area contributed by atoms with Gasteiger partial charge in [0.05, 0.1) is 5.60 Å². The van der Waals surface area contributed by atoms with Gasteiger partial charge in [-0.2, -0.15) is 0 Å². The van der Waals surface area contributed by atoms with Crippen molar-refractivity contribution in [2.75, 3.05) is 6.54 Å². The molecule has 1 saturated carbocycles. The molecule has 1 aliphatic carbocycles. The van der Waals surface area contributed by atoms with Crippen LogP contribution in [0.25, 0.3) is 0 Å². The van der Waals surface area contributed by atoms with E-state index >= 15 is 0 Å². The summed E-state index contributed by atoms with van der Waals surface area (Å²) in [5, 5.41) is 9.86. The monoisotopic (exact) mass is 157 g/mol. The molecule has 0 aromatic carbocycles. The van der Waals surface area contributed by atoms with E-state index in [-0.39, 0.29) is 0 Å². The molecule has 0 heterocycles. The van der Waals surface area contributed by atoms with Gasteiger partial charge in [0.1, 0.15) is 0 Å². The van der Waals surface area contributed by atoms with Gasteiger partial charge in [-0.25, -0.2) is 0 Å². The van der Waals surface area contributed by atoms with E-state index < -0.39 is 5.60 Å². The first-order chi connectivity index (χ1) is 5.20. The molecule has 3 N–H and O–H groups in total. The second-order valence-corrected chi connectivity index (χ2v) is 3.80. The number of rotatable bonds is 2. The molecule has 1 aliphatic rings. The number of hydrogen-bond donors (Lipinski definition) is 2. The van der Waals surface area contributed by atoms with Gasteiger partial charge in [-0.3, -0.25) is 0 Å². The van der Waals surface area contributed by atoms with Crippen molar-refractivity contribution < 1.29 is 5.11 Å². The topological polar surface area (TPSA) is 46.2 Å². The van der Waals surface area contributed by atoms with E-state index in [1.807, 2.05) is 0 Å². The second kappa shape index (κ2) is 3.55. The summed E-state index contributed by atoms with van der Waals surface area (Å²) in [4.78, 5) is 0.